The van der Waals surface area contributed by atoms with Crippen molar-refractivity contribution < 1.29 is 43.7 Å². The molecule has 38 heavy (non-hydrogen) atoms. The Hall–Kier alpha value is -2.37. The number of carbonyl (C=O) groups excluding carboxylic acids is 1. The van der Waals surface area contributed by atoms with E-state index in [0.717, 1.165) is 49.2 Å². The highest BCUT2D eigenvalue weighted by atomic mass is 17.2. The molecule has 210 valence electrons. The first-order valence-corrected chi connectivity index (χ1v) is 13.4. The molecule has 0 radical (unpaired) electrons. The zero-order valence-electron chi connectivity index (χ0n) is 22.7. The van der Waals surface area contributed by atoms with Gasteiger partial charge in [-0.05, 0) is 81.8 Å². The molecule has 4 atom stereocenters. The smallest absolute Gasteiger partial charge is 0.338 e. The van der Waals surface area contributed by atoms with E-state index in [-0.39, 0.29) is 44.1 Å². The summed E-state index contributed by atoms with van der Waals surface area (Å²) in [7, 11) is 2.95. The van der Waals surface area contributed by atoms with Gasteiger partial charge in [0.15, 0.2) is 23.2 Å². The average Bonchev–Trinajstić information content (AvgIpc) is 3.56. The second-order valence-electron chi connectivity index (χ2n) is 11.4. The van der Waals surface area contributed by atoms with Gasteiger partial charge in [-0.2, -0.15) is 0 Å². The summed E-state index contributed by atoms with van der Waals surface area (Å²) >= 11 is 0. The lowest BCUT2D eigenvalue weighted by molar-refractivity contribution is -0.278. The summed E-state index contributed by atoms with van der Waals surface area (Å²) in [4.78, 5) is 25.9. The van der Waals surface area contributed by atoms with Gasteiger partial charge in [0.25, 0.3) is 0 Å². The lowest BCUT2D eigenvalue weighted by Gasteiger charge is -2.40. The summed E-state index contributed by atoms with van der Waals surface area (Å²) in [6.07, 6.45) is 4.27. The third-order valence-electron chi connectivity index (χ3n) is 8.45. The van der Waals surface area contributed by atoms with E-state index < -0.39 is 23.3 Å². The van der Waals surface area contributed by atoms with Crippen molar-refractivity contribution in [2.75, 3.05) is 40.7 Å². The van der Waals surface area contributed by atoms with Gasteiger partial charge in [-0.3, -0.25) is 4.90 Å². The standard InChI is InChI=1S/C28H39NO9/c1-26(2,31)8-9-28(32,10-13-37-34-4)25(30)38-24-22(33-3)16-27-7-5-11-29(27)12-6-18-14-20-21(36-17-35-20)15-19(18)23(24)27/h14-16,23-24,31-32H,5-13,17H2,1-4H3. The lowest BCUT2D eigenvalue weighted by atomic mass is 9.77. The van der Waals surface area contributed by atoms with Gasteiger partial charge in [0.2, 0.25) is 6.79 Å². The number of ether oxygens (including phenoxy) is 4. The molecule has 10 heteroatoms. The van der Waals surface area contributed by atoms with E-state index in [1.54, 1.807) is 21.0 Å². The molecule has 10 nitrogen and oxygen atoms in total. The van der Waals surface area contributed by atoms with Crippen LogP contribution in [-0.2, 0) is 30.5 Å². The maximum absolute atomic E-state index is 13.8. The molecule has 1 spiro atoms. The highest BCUT2D eigenvalue weighted by Crippen LogP contribution is 2.55. The molecule has 4 unspecified atom stereocenters. The number of fused-ring (bicyclic) bond motifs is 3. The summed E-state index contributed by atoms with van der Waals surface area (Å²) in [5, 5.41) is 21.8. The normalized spacial score (nSPS) is 27.6. The monoisotopic (exact) mass is 533 g/mol. The zero-order chi connectivity index (χ0) is 27.1. The van der Waals surface area contributed by atoms with Crippen molar-refractivity contribution in [2.24, 2.45) is 0 Å². The van der Waals surface area contributed by atoms with Gasteiger partial charge < -0.3 is 29.2 Å². The molecule has 0 aromatic heterocycles. The fourth-order valence-electron chi connectivity index (χ4n) is 6.46. The van der Waals surface area contributed by atoms with Gasteiger partial charge in [0.05, 0.1) is 37.9 Å². The number of hydrogen-bond donors (Lipinski definition) is 2. The SMILES string of the molecule is COOCCC(O)(CCC(C)(C)O)C(=O)OC1C(OC)=CC23CCCN2CCc2cc4c(cc2C13)OCO4. The van der Waals surface area contributed by atoms with Crippen molar-refractivity contribution in [3.05, 3.63) is 35.1 Å². The van der Waals surface area contributed by atoms with Gasteiger partial charge in [0.1, 0.15) is 5.76 Å². The Balaban J connectivity index is 1.51. The summed E-state index contributed by atoms with van der Waals surface area (Å²) in [5.41, 5.74) is -1.16. The molecule has 1 aromatic rings. The average molecular weight is 534 g/mol. The van der Waals surface area contributed by atoms with E-state index in [2.05, 4.69) is 15.9 Å². The van der Waals surface area contributed by atoms with Crippen molar-refractivity contribution in [1.29, 1.82) is 0 Å². The minimum absolute atomic E-state index is 0.00162. The first kappa shape index (κ1) is 27.2. The van der Waals surface area contributed by atoms with Crippen LogP contribution in [0.4, 0.5) is 0 Å². The molecule has 2 N–H and O–H groups in total. The Morgan fingerprint density at radius 3 is 2.61 bits per heavy atom. The summed E-state index contributed by atoms with van der Waals surface area (Å²) in [6.45, 7) is 5.24. The van der Waals surface area contributed by atoms with E-state index in [9.17, 15) is 15.0 Å². The van der Waals surface area contributed by atoms with Gasteiger partial charge in [-0.25, -0.2) is 14.6 Å². The third-order valence-corrected chi connectivity index (χ3v) is 8.45. The molecular formula is C28H39NO9. The minimum Gasteiger partial charge on any atom is -0.497 e. The van der Waals surface area contributed by atoms with E-state index in [4.69, 9.17) is 23.8 Å². The maximum Gasteiger partial charge on any atom is 0.338 e. The number of esters is 1. The van der Waals surface area contributed by atoms with Crippen LogP contribution in [0.15, 0.2) is 24.0 Å². The molecule has 0 saturated carbocycles. The van der Waals surface area contributed by atoms with E-state index in [0.29, 0.717) is 11.5 Å². The van der Waals surface area contributed by atoms with E-state index in [1.165, 1.54) is 7.11 Å². The minimum atomic E-state index is -1.88. The molecule has 1 saturated heterocycles. The topological polar surface area (TPSA) is 116 Å². The molecular weight excluding hydrogens is 494 g/mol. The predicted octanol–water partition coefficient (Wildman–Crippen LogP) is 2.60. The van der Waals surface area contributed by atoms with Crippen LogP contribution in [0.25, 0.3) is 0 Å². The van der Waals surface area contributed by atoms with Crippen LogP contribution in [0.3, 0.4) is 0 Å². The Morgan fingerprint density at radius 2 is 1.89 bits per heavy atom. The van der Waals surface area contributed by atoms with Crippen molar-refractivity contribution >= 4 is 5.97 Å². The van der Waals surface area contributed by atoms with Crippen LogP contribution < -0.4 is 9.47 Å². The number of methoxy groups -OCH3 is 1. The molecule has 1 aromatic carbocycles. The number of aliphatic hydroxyl groups is 2. The predicted molar refractivity (Wildman–Crippen MR) is 136 cm³/mol. The number of rotatable bonds is 10. The van der Waals surface area contributed by atoms with Gasteiger partial charge >= 0.3 is 5.97 Å². The molecule has 0 amide bonds. The highest BCUT2D eigenvalue weighted by Gasteiger charge is 2.59. The van der Waals surface area contributed by atoms with Crippen molar-refractivity contribution in [3.63, 3.8) is 0 Å². The Bertz CT molecular complexity index is 1080. The number of carbonyl (C=O) groups is 1. The third kappa shape index (κ3) is 4.88. The molecule has 3 aliphatic heterocycles. The molecule has 5 rings (SSSR count). The van der Waals surface area contributed by atoms with Gasteiger partial charge in [-0.15, -0.1) is 0 Å². The molecule has 1 fully saturated rings. The quantitative estimate of drug-likeness (QED) is 0.201. The van der Waals surface area contributed by atoms with Crippen LogP contribution in [-0.4, -0.2) is 84.6 Å². The second kappa shape index (κ2) is 10.3. The Labute approximate surface area is 223 Å². The van der Waals surface area contributed by atoms with E-state index >= 15 is 0 Å². The summed E-state index contributed by atoms with van der Waals surface area (Å²) in [6, 6.07) is 4.06. The maximum atomic E-state index is 13.8. The van der Waals surface area contributed by atoms with Crippen LogP contribution in [0.5, 0.6) is 11.5 Å². The number of benzene rings is 1. The van der Waals surface area contributed by atoms with Gasteiger partial charge in [0, 0.05) is 13.0 Å². The fourth-order valence-corrected chi connectivity index (χ4v) is 6.46. The number of nitrogens with zero attached hydrogens (tertiary/aromatic N) is 1. The van der Waals surface area contributed by atoms with Crippen molar-refractivity contribution in [2.45, 2.75) is 81.1 Å². The molecule has 0 bridgehead atoms. The molecule has 4 aliphatic rings. The van der Waals surface area contributed by atoms with Gasteiger partial charge in [-0.1, -0.05) is 0 Å². The van der Waals surface area contributed by atoms with Crippen LogP contribution in [0.1, 0.15) is 63.0 Å². The Kier molecular flexibility index (Phi) is 7.38. The first-order chi connectivity index (χ1) is 18.1. The van der Waals surface area contributed by atoms with Crippen molar-refractivity contribution in [3.8, 4) is 11.5 Å². The summed E-state index contributed by atoms with van der Waals surface area (Å²) < 4.78 is 23.4. The highest BCUT2D eigenvalue weighted by molar-refractivity contribution is 5.80. The number of hydrogen-bond acceptors (Lipinski definition) is 10. The molecule has 1 aliphatic carbocycles. The van der Waals surface area contributed by atoms with E-state index in [1.807, 2.05) is 12.1 Å². The first-order valence-electron chi connectivity index (χ1n) is 13.4. The van der Waals surface area contributed by atoms with Crippen molar-refractivity contribution in [1.82, 2.24) is 4.90 Å². The van der Waals surface area contributed by atoms with Crippen LogP contribution >= 0.6 is 0 Å². The zero-order valence-corrected chi connectivity index (χ0v) is 22.7. The van der Waals surface area contributed by atoms with Crippen LogP contribution in [0.2, 0.25) is 0 Å². The Morgan fingerprint density at radius 1 is 1.13 bits per heavy atom. The second-order valence-corrected chi connectivity index (χ2v) is 11.4. The molecule has 3 heterocycles. The largest absolute Gasteiger partial charge is 0.497 e. The summed E-state index contributed by atoms with van der Waals surface area (Å²) in [5.74, 6) is 0.955. The lowest BCUT2D eigenvalue weighted by Crippen LogP contribution is -2.49. The van der Waals surface area contributed by atoms with Crippen LogP contribution in [0, 0.1) is 0 Å². The fraction of sp³-hybridized carbons (Fsp3) is 0.679.